The number of benzene rings is 1. The van der Waals surface area contributed by atoms with Gasteiger partial charge in [0.25, 0.3) is 0 Å². The molecule has 11 rings (SSSR count). The summed E-state index contributed by atoms with van der Waals surface area (Å²) in [5.74, 6) is 4.82. The molecule has 0 bridgehead atoms. The van der Waals surface area contributed by atoms with Crippen LogP contribution < -0.4 is 0 Å². The zero-order valence-corrected chi connectivity index (χ0v) is 28.9. The van der Waals surface area contributed by atoms with Crippen LogP contribution in [-0.4, -0.2) is 0 Å². The molecule has 0 saturated heterocycles. The molecule has 0 N–H and O–H groups in total. The van der Waals surface area contributed by atoms with E-state index in [0.717, 1.165) is 12.2 Å². The lowest BCUT2D eigenvalue weighted by molar-refractivity contribution is 0.464. The molecule has 49 heavy (non-hydrogen) atoms. The molecule has 5 unspecified atom stereocenters. The fraction of sp³-hybridized carbons (Fsp3) is 0.417. The van der Waals surface area contributed by atoms with Gasteiger partial charge in [0.15, 0.2) is 0 Å². The second-order valence-corrected chi connectivity index (χ2v) is 16.4. The summed E-state index contributed by atoms with van der Waals surface area (Å²) in [6, 6.07) is 9.58. The van der Waals surface area contributed by atoms with Crippen molar-refractivity contribution in [1.82, 2.24) is 0 Å². The van der Waals surface area contributed by atoms with E-state index in [2.05, 4.69) is 78.9 Å². The minimum atomic E-state index is 0.406. The highest BCUT2D eigenvalue weighted by Crippen LogP contribution is 2.58. The Morgan fingerprint density at radius 3 is 2.55 bits per heavy atom. The Labute approximate surface area is 292 Å². The van der Waals surface area contributed by atoms with E-state index in [1.807, 2.05) is 0 Å². The first-order valence-electron chi connectivity index (χ1n) is 19.9. The van der Waals surface area contributed by atoms with Crippen LogP contribution in [0.3, 0.4) is 0 Å². The predicted molar refractivity (Wildman–Crippen MR) is 202 cm³/mol. The molecular weight excluding hydrogens is 593 g/mol. The number of allylic oxidation sites excluding steroid dienone is 17. The van der Waals surface area contributed by atoms with Gasteiger partial charge >= 0.3 is 0 Å². The van der Waals surface area contributed by atoms with Gasteiger partial charge in [0.2, 0.25) is 0 Å². The van der Waals surface area contributed by atoms with Crippen molar-refractivity contribution in [3.63, 3.8) is 0 Å². The Hall–Kier alpha value is -3.84. The zero-order chi connectivity index (χ0) is 32.1. The van der Waals surface area contributed by atoms with Gasteiger partial charge in [0, 0.05) is 34.8 Å². The molecule has 9 aliphatic carbocycles. The van der Waals surface area contributed by atoms with Crippen LogP contribution in [0, 0.1) is 23.7 Å². The maximum absolute atomic E-state index is 6.74. The van der Waals surface area contributed by atoms with Crippen molar-refractivity contribution in [2.24, 2.45) is 23.7 Å². The van der Waals surface area contributed by atoms with Crippen LogP contribution in [0.5, 0.6) is 0 Å². The normalized spacial score (nSPS) is 30.9. The number of fused-ring (bicyclic) bond motifs is 9. The van der Waals surface area contributed by atoms with Crippen molar-refractivity contribution in [3.8, 4) is 0 Å². The van der Waals surface area contributed by atoms with E-state index in [1.54, 1.807) is 61.3 Å². The van der Waals surface area contributed by atoms with E-state index in [4.69, 9.17) is 4.42 Å². The predicted octanol–water partition coefficient (Wildman–Crippen LogP) is 12.5. The van der Waals surface area contributed by atoms with Crippen molar-refractivity contribution < 1.29 is 4.42 Å². The standard InChI is InChI=1S/C48H48O/c1-3-13-33-29(11-1)21-22-31-28-43(35-15-5-6-16-36(35)45(31)33)47-39-19-9-7-17-37(39)46(38-18-8-10-20-40(38)47)32-24-26-44-42(27-32)41-25-23-30-12-2-4-14-34(30)48(41)49-44/h3,5-7,9,13,15-17,19,24,26,28,31-32,39,45,47H,1-2,4,8,10-12,14,18,20-23,25,27H2. The minimum absolute atomic E-state index is 0.406. The third-order valence-corrected chi connectivity index (χ3v) is 14.1. The van der Waals surface area contributed by atoms with Gasteiger partial charge in [-0.25, -0.2) is 0 Å². The minimum Gasteiger partial charge on any atom is -0.456 e. The monoisotopic (exact) mass is 640 g/mol. The van der Waals surface area contributed by atoms with Gasteiger partial charge in [-0.05, 0) is 153 Å². The molecule has 0 radical (unpaired) electrons. The number of furan rings is 1. The topological polar surface area (TPSA) is 13.1 Å². The van der Waals surface area contributed by atoms with Crippen molar-refractivity contribution in [2.75, 3.05) is 0 Å². The largest absolute Gasteiger partial charge is 0.456 e. The molecule has 246 valence electrons. The van der Waals surface area contributed by atoms with Crippen LogP contribution in [0.1, 0.15) is 123 Å². The second-order valence-electron chi connectivity index (χ2n) is 16.4. The average molecular weight is 641 g/mol. The van der Waals surface area contributed by atoms with E-state index in [-0.39, 0.29) is 0 Å². The summed E-state index contributed by atoms with van der Waals surface area (Å²) >= 11 is 0. The lowest BCUT2D eigenvalue weighted by Crippen LogP contribution is -2.33. The SMILES string of the molecule is C1=CC2=C(C3C=Cc4oc5c(c4C3)CCC3=C5CCCC3)C3=C(CCCC3)C(C3=CC4CCC5=C(C=CCC5)C4c4ccccc43)C2C=C1. The molecule has 0 aliphatic heterocycles. The molecule has 1 nitrogen and oxygen atoms in total. The van der Waals surface area contributed by atoms with E-state index in [0.29, 0.717) is 29.6 Å². The van der Waals surface area contributed by atoms with Gasteiger partial charge in [-0.15, -0.1) is 0 Å². The summed E-state index contributed by atoms with van der Waals surface area (Å²) in [5, 5.41) is 0. The molecule has 0 spiro atoms. The quantitative estimate of drug-likeness (QED) is 0.318. The van der Waals surface area contributed by atoms with E-state index in [9.17, 15) is 0 Å². The van der Waals surface area contributed by atoms with Gasteiger partial charge in [-0.3, -0.25) is 0 Å². The van der Waals surface area contributed by atoms with Crippen molar-refractivity contribution in [3.05, 3.63) is 146 Å². The first-order chi connectivity index (χ1) is 24.3. The number of hydrogen-bond donors (Lipinski definition) is 0. The van der Waals surface area contributed by atoms with Crippen LogP contribution in [0.2, 0.25) is 0 Å². The van der Waals surface area contributed by atoms with Crippen molar-refractivity contribution >= 4 is 17.2 Å². The highest BCUT2D eigenvalue weighted by molar-refractivity contribution is 5.80. The Bertz CT molecular complexity index is 2070. The highest BCUT2D eigenvalue weighted by atomic mass is 16.3. The molecule has 5 atom stereocenters. The summed E-state index contributed by atoms with van der Waals surface area (Å²) in [7, 11) is 0. The van der Waals surface area contributed by atoms with Gasteiger partial charge < -0.3 is 4.42 Å². The van der Waals surface area contributed by atoms with Gasteiger partial charge in [0.1, 0.15) is 11.5 Å². The Morgan fingerprint density at radius 1 is 0.673 bits per heavy atom. The Kier molecular flexibility index (Phi) is 6.70. The van der Waals surface area contributed by atoms with Crippen LogP contribution in [0.25, 0.3) is 17.2 Å². The van der Waals surface area contributed by atoms with Gasteiger partial charge in [0.05, 0.1) is 0 Å². The maximum Gasteiger partial charge on any atom is 0.134 e. The fourth-order valence-corrected chi connectivity index (χ4v) is 12.0. The summed E-state index contributed by atoms with van der Waals surface area (Å²) in [6.07, 6.45) is 41.3. The smallest absolute Gasteiger partial charge is 0.134 e. The van der Waals surface area contributed by atoms with Gasteiger partial charge in [-0.2, -0.15) is 0 Å². The summed E-state index contributed by atoms with van der Waals surface area (Å²) in [4.78, 5) is 0. The average Bonchev–Trinajstić information content (AvgIpc) is 3.55. The summed E-state index contributed by atoms with van der Waals surface area (Å²) in [5.41, 5.74) is 21.3. The molecule has 1 heteroatoms. The molecule has 0 saturated carbocycles. The third-order valence-electron chi connectivity index (χ3n) is 14.1. The van der Waals surface area contributed by atoms with E-state index >= 15 is 0 Å². The lowest BCUT2D eigenvalue weighted by Gasteiger charge is -2.46. The Morgan fingerprint density at radius 2 is 1.57 bits per heavy atom. The fourth-order valence-electron chi connectivity index (χ4n) is 12.0. The van der Waals surface area contributed by atoms with Crippen LogP contribution in [0.15, 0.2) is 116 Å². The second kappa shape index (κ2) is 11.3. The molecule has 9 aliphatic rings. The molecule has 0 amide bonds. The van der Waals surface area contributed by atoms with E-state index < -0.39 is 0 Å². The van der Waals surface area contributed by atoms with Crippen LogP contribution in [-0.2, 0) is 12.8 Å². The van der Waals surface area contributed by atoms with Crippen molar-refractivity contribution in [2.45, 2.75) is 102 Å². The summed E-state index contributed by atoms with van der Waals surface area (Å²) in [6.45, 7) is 0. The van der Waals surface area contributed by atoms with E-state index in [1.165, 1.54) is 107 Å². The lowest BCUT2D eigenvalue weighted by atomic mass is 9.58. The van der Waals surface area contributed by atoms with Gasteiger partial charge in [-0.1, -0.05) is 89.6 Å². The number of rotatable bonds is 2. The first kappa shape index (κ1) is 28.9. The molecule has 1 aromatic heterocycles. The molecular formula is C48H48O. The molecule has 1 aromatic carbocycles. The summed E-state index contributed by atoms with van der Waals surface area (Å²) < 4.78 is 6.74. The Balaban J connectivity index is 1.02. The first-order valence-corrected chi connectivity index (χ1v) is 19.9. The molecule has 2 aromatic rings. The third kappa shape index (κ3) is 4.36. The van der Waals surface area contributed by atoms with Crippen LogP contribution >= 0.6 is 0 Å². The maximum atomic E-state index is 6.74. The molecule has 1 heterocycles. The van der Waals surface area contributed by atoms with Crippen LogP contribution in [0.4, 0.5) is 0 Å². The zero-order valence-electron chi connectivity index (χ0n) is 28.9. The number of hydrogen-bond acceptors (Lipinski definition) is 1. The van der Waals surface area contributed by atoms with Crippen molar-refractivity contribution in [1.29, 1.82) is 0 Å². The highest BCUT2D eigenvalue weighted by Gasteiger charge is 2.44. The molecule has 0 fully saturated rings.